The third-order valence-electron chi connectivity index (χ3n) is 4.98. The Morgan fingerprint density at radius 1 is 1.07 bits per heavy atom. The highest BCUT2D eigenvalue weighted by Crippen LogP contribution is 2.24. The number of hydrogen-bond donors (Lipinski definition) is 1. The van der Waals surface area contributed by atoms with Crippen molar-refractivity contribution in [2.75, 3.05) is 16.9 Å². The maximum atomic E-state index is 12.9. The monoisotopic (exact) mass is 416 g/mol. The minimum atomic E-state index is -0.503. The molecule has 1 unspecified atom stereocenters. The Bertz CT molecular complexity index is 1070. The minimum Gasteiger partial charge on any atom is -0.324 e. The number of nitrogens with zero attached hydrogens (tertiary/aromatic N) is 3. The van der Waals surface area contributed by atoms with Crippen LogP contribution in [-0.2, 0) is 16.0 Å². The number of aromatic nitrogens is 1. The SMILES string of the molecule is N#Cc1ccc(NC(=O)C2CSCN2C(=O)Cc2ccc(-n3cccc3)cc2)cc1. The van der Waals surface area contributed by atoms with Crippen molar-refractivity contribution in [2.24, 2.45) is 0 Å². The van der Waals surface area contributed by atoms with E-state index in [2.05, 4.69) is 5.32 Å². The second-order valence-corrected chi connectivity index (χ2v) is 7.99. The Kier molecular flexibility index (Phi) is 5.87. The van der Waals surface area contributed by atoms with Crippen molar-refractivity contribution in [1.82, 2.24) is 9.47 Å². The van der Waals surface area contributed by atoms with Crippen LogP contribution in [0.1, 0.15) is 11.1 Å². The minimum absolute atomic E-state index is 0.0614. The summed E-state index contributed by atoms with van der Waals surface area (Å²) in [5.74, 6) is 0.807. The molecule has 1 saturated heterocycles. The number of rotatable bonds is 5. The van der Waals surface area contributed by atoms with Crippen molar-refractivity contribution in [2.45, 2.75) is 12.5 Å². The van der Waals surface area contributed by atoms with E-state index in [-0.39, 0.29) is 18.2 Å². The molecule has 2 amide bonds. The molecule has 0 aliphatic carbocycles. The zero-order chi connectivity index (χ0) is 20.9. The largest absolute Gasteiger partial charge is 0.324 e. The van der Waals surface area contributed by atoms with Gasteiger partial charge in [-0.25, -0.2) is 0 Å². The molecule has 1 aliphatic heterocycles. The van der Waals surface area contributed by atoms with Crippen LogP contribution < -0.4 is 5.32 Å². The average Bonchev–Trinajstić information content (AvgIpc) is 3.47. The second-order valence-electron chi connectivity index (χ2n) is 6.99. The first-order valence-electron chi connectivity index (χ1n) is 9.54. The van der Waals surface area contributed by atoms with Gasteiger partial charge in [-0.2, -0.15) is 5.26 Å². The molecule has 0 saturated carbocycles. The molecule has 2 heterocycles. The normalized spacial score (nSPS) is 15.6. The highest BCUT2D eigenvalue weighted by Gasteiger charge is 2.34. The van der Waals surface area contributed by atoms with Gasteiger partial charge >= 0.3 is 0 Å². The molecule has 4 rings (SSSR count). The lowest BCUT2D eigenvalue weighted by atomic mass is 10.1. The predicted octanol–water partition coefficient (Wildman–Crippen LogP) is 3.43. The quantitative estimate of drug-likeness (QED) is 0.691. The van der Waals surface area contributed by atoms with Gasteiger partial charge in [0.2, 0.25) is 11.8 Å². The highest BCUT2D eigenvalue weighted by molar-refractivity contribution is 7.99. The van der Waals surface area contributed by atoms with Crippen molar-refractivity contribution in [3.63, 3.8) is 0 Å². The third kappa shape index (κ3) is 4.39. The van der Waals surface area contributed by atoms with Crippen LogP contribution in [0.4, 0.5) is 5.69 Å². The van der Waals surface area contributed by atoms with Gasteiger partial charge in [-0.3, -0.25) is 9.59 Å². The number of thioether (sulfide) groups is 1. The van der Waals surface area contributed by atoms with E-state index in [1.54, 1.807) is 40.9 Å². The van der Waals surface area contributed by atoms with E-state index >= 15 is 0 Å². The van der Waals surface area contributed by atoms with Gasteiger partial charge in [0.05, 0.1) is 23.9 Å². The number of hydrogen-bond acceptors (Lipinski definition) is 4. The summed E-state index contributed by atoms with van der Waals surface area (Å²) in [6.07, 6.45) is 4.20. The maximum Gasteiger partial charge on any atom is 0.248 e. The van der Waals surface area contributed by atoms with E-state index in [1.807, 2.05) is 59.4 Å². The van der Waals surface area contributed by atoms with Crippen molar-refractivity contribution in [1.29, 1.82) is 5.26 Å². The molecule has 1 aromatic heterocycles. The molecule has 0 bridgehead atoms. The second kappa shape index (κ2) is 8.89. The Morgan fingerprint density at radius 3 is 2.43 bits per heavy atom. The van der Waals surface area contributed by atoms with Gasteiger partial charge in [0.25, 0.3) is 0 Å². The fourth-order valence-corrected chi connectivity index (χ4v) is 4.51. The van der Waals surface area contributed by atoms with Crippen LogP contribution in [-0.4, -0.2) is 39.0 Å². The van der Waals surface area contributed by atoms with Gasteiger partial charge in [0.15, 0.2) is 0 Å². The average molecular weight is 417 g/mol. The van der Waals surface area contributed by atoms with E-state index in [4.69, 9.17) is 5.26 Å². The number of anilines is 1. The lowest BCUT2D eigenvalue weighted by Gasteiger charge is -2.23. The first kappa shape index (κ1) is 19.8. The van der Waals surface area contributed by atoms with E-state index in [1.165, 1.54) is 0 Å². The summed E-state index contributed by atoms with van der Waals surface area (Å²) in [4.78, 5) is 27.2. The molecule has 150 valence electrons. The lowest BCUT2D eigenvalue weighted by Crippen LogP contribution is -2.45. The molecule has 1 N–H and O–H groups in total. The highest BCUT2D eigenvalue weighted by atomic mass is 32.2. The van der Waals surface area contributed by atoms with Gasteiger partial charge in [-0.1, -0.05) is 12.1 Å². The molecule has 0 radical (unpaired) electrons. The molecule has 1 aliphatic rings. The van der Waals surface area contributed by atoms with Crippen LogP contribution >= 0.6 is 11.8 Å². The molecule has 6 nitrogen and oxygen atoms in total. The van der Waals surface area contributed by atoms with Crippen molar-refractivity contribution < 1.29 is 9.59 Å². The van der Waals surface area contributed by atoms with Crippen molar-refractivity contribution in [3.8, 4) is 11.8 Å². The molecular formula is C23H20N4O2S. The number of carbonyl (C=O) groups is 2. The van der Waals surface area contributed by atoms with Crippen LogP contribution in [0.25, 0.3) is 5.69 Å². The van der Waals surface area contributed by atoms with Gasteiger partial charge in [-0.15, -0.1) is 11.8 Å². The van der Waals surface area contributed by atoms with E-state index in [0.717, 1.165) is 11.3 Å². The molecule has 1 atom stereocenters. The Labute approximate surface area is 179 Å². The Hall–Kier alpha value is -3.50. The standard InChI is InChI=1S/C23H20N4O2S/c24-14-18-3-7-19(8-4-18)25-23(29)21-15-30-16-27(21)22(28)13-17-5-9-20(10-6-17)26-11-1-2-12-26/h1-12,21H,13,15-16H2,(H,25,29). The van der Waals surface area contributed by atoms with E-state index in [0.29, 0.717) is 22.9 Å². The molecule has 3 aromatic rings. The zero-order valence-corrected chi connectivity index (χ0v) is 17.0. The zero-order valence-electron chi connectivity index (χ0n) is 16.2. The predicted molar refractivity (Wildman–Crippen MR) is 117 cm³/mol. The fraction of sp³-hybridized carbons (Fsp3) is 0.174. The van der Waals surface area contributed by atoms with Gasteiger partial charge in [0, 0.05) is 29.5 Å². The topological polar surface area (TPSA) is 78.1 Å². The fourth-order valence-electron chi connectivity index (χ4n) is 3.33. The van der Waals surface area contributed by atoms with Crippen molar-refractivity contribution >= 4 is 29.3 Å². The molecular weight excluding hydrogens is 396 g/mol. The maximum absolute atomic E-state index is 12.9. The van der Waals surface area contributed by atoms with Crippen LogP contribution in [0.2, 0.25) is 0 Å². The number of nitriles is 1. The van der Waals surface area contributed by atoms with E-state index < -0.39 is 6.04 Å². The number of benzene rings is 2. The molecule has 0 spiro atoms. The molecule has 30 heavy (non-hydrogen) atoms. The summed E-state index contributed by atoms with van der Waals surface area (Å²) < 4.78 is 2.01. The summed E-state index contributed by atoms with van der Waals surface area (Å²) >= 11 is 1.57. The number of carbonyl (C=O) groups excluding carboxylic acids is 2. The number of nitrogens with one attached hydrogen (secondary N) is 1. The first-order valence-corrected chi connectivity index (χ1v) is 10.7. The Balaban J connectivity index is 1.39. The van der Waals surface area contributed by atoms with Gasteiger partial charge in [0.1, 0.15) is 6.04 Å². The summed E-state index contributed by atoms with van der Waals surface area (Å²) in [5, 5.41) is 11.7. The lowest BCUT2D eigenvalue weighted by molar-refractivity contribution is -0.135. The summed E-state index contributed by atoms with van der Waals surface area (Å²) in [7, 11) is 0. The van der Waals surface area contributed by atoms with Gasteiger partial charge in [-0.05, 0) is 54.1 Å². The smallest absolute Gasteiger partial charge is 0.248 e. The molecule has 1 fully saturated rings. The van der Waals surface area contributed by atoms with Crippen molar-refractivity contribution in [3.05, 3.63) is 84.2 Å². The van der Waals surface area contributed by atoms with Crippen LogP contribution in [0, 0.1) is 11.3 Å². The number of amides is 2. The van der Waals surface area contributed by atoms with Crippen LogP contribution in [0.3, 0.4) is 0 Å². The summed E-state index contributed by atoms with van der Waals surface area (Å²) in [6.45, 7) is 0. The summed E-state index contributed by atoms with van der Waals surface area (Å²) in [6, 6.07) is 20.0. The third-order valence-corrected chi connectivity index (χ3v) is 5.99. The Morgan fingerprint density at radius 2 is 1.77 bits per heavy atom. The van der Waals surface area contributed by atoms with Crippen LogP contribution in [0.5, 0.6) is 0 Å². The molecule has 7 heteroatoms. The van der Waals surface area contributed by atoms with E-state index in [9.17, 15) is 9.59 Å². The molecule has 2 aromatic carbocycles. The summed E-state index contributed by atoms with van der Waals surface area (Å²) in [5.41, 5.74) is 3.10. The van der Waals surface area contributed by atoms with Crippen LogP contribution in [0.15, 0.2) is 73.1 Å². The first-order chi connectivity index (χ1) is 14.6. The van der Waals surface area contributed by atoms with Gasteiger partial charge < -0.3 is 14.8 Å².